The predicted octanol–water partition coefficient (Wildman–Crippen LogP) is 5.62. The second-order valence-corrected chi connectivity index (χ2v) is 7.04. The Hall–Kier alpha value is -3.62. The third kappa shape index (κ3) is 5.30. The van der Waals surface area contributed by atoms with Crippen LogP contribution < -0.4 is 4.74 Å². The second-order valence-electron chi connectivity index (χ2n) is 7.04. The summed E-state index contributed by atoms with van der Waals surface area (Å²) in [6.45, 7) is 5.07. The minimum Gasteiger partial charge on any atom is -0.490 e. The van der Waals surface area contributed by atoms with E-state index in [9.17, 15) is 18.0 Å². The first-order valence-electron chi connectivity index (χ1n) is 9.28. The van der Waals surface area contributed by atoms with Gasteiger partial charge in [0.1, 0.15) is 5.75 Å². The van der Waals surface area contributed by atoms with Crippen molar-refractivity contribution in [2.75, 3.05) is 0 Å². The smallest absolute Gasteiger partial charge is 0.419 e. The van der Waals surface area contributed by atoms with Crippen molar-refractivity contribution in [2.45, 2.75) is 33.1 Å². The van der Waals surface area contributed by atoms with Crippen molar-refractivity contribution in [3.8, 4) is 28.6 Å². The van der Waals surface area contributed by atoms with Gasteiger partial charge in [-0.3, -0.25) is 0 Å². The second kappa shape index (κ2) is 8.63. The first-order valence-corrected chi connectivity index (χ1v) is 9.28. The van der Waals surface area contributed by atoms with Crippen LogP contribution in [-0.2, 0) is 11.0 Å². The van der Waals surface area contributed by atoms with E-state index < -0.39 is 23.8 Å². The van der Waals surface area contributed by atoms with E-state index in [1.165, 1.54) is 18.2 Å². The summed E-state index contributed by atoms with van der Waals surface area (Å²) < 4.78 is 50.9. The van der Waals surface area contributed by atoms with Crippen LogP contribution >= 0.6 is 0 Å². The van der Waals surface area contributed by atoms with E-state index in [1.54, 1.807) is 39.0 Å². The summed E-state index contributed by atoms with van der Waals surface area (Å²) in [5, 5.41) is 12.6. The molecule has 0 amide bonds. The minimum atomic E-state index is -4.61. The molecule has 0 fully saturated rings. The Kier molecular flexibility index (Phi) is 6.14. The Bertz CT molecular complexity index is 1130. The Morgan fingerprint density at radius 1 is 1.19 bits per heavy atom. The summed E-state index contributed by atoms with van der Waals surface area (Å²) in [6, 6.07) is 8.68. The van der Waals surface area contributed by atoms with E-state index in [2.05, 4.69) is 10.1 Å². The lowest BCUT2D eigenvalue weighted by Gasteiger charge is -2.16. The van der Waals surface area contributed by atoms with Crippen LogP contribution in [0.25, 0.3) is 28.9 Å². The van der Waals surface area contributed by atoms with Crippen molar-refractivity contribution in [3.63, 3.8) is 0 Å². The van der Waals surface area contributed by atoms with Crippen LogP contribution in [0.1, 0.15) is 30.5 Å². The molecule has 0 aliphatic rings. The van der Waals surface area contributed by atoms with Gasteiger partial charge in [0.05, 0.1) is 11.7 Å². The molecule has 6 nitrogen and oxygen atoms in total. The summed E-state index contributed by atoms with van der Waals surface area (Å²) in [7, 11) is 0. The number of carboxylic acid groups (broad SMARTS) is 1. The van der Waals surface area contributed by atoms with Crippen LogP contribution in [0.15, 0.2) is 47.0 Å². The first-order chi connectivity index (χ1) is 14.5. The third-order valence-electron chi connectivity index (χ3n) is 4.23. The number of benzene rings is 2. The molecule has 0 bridgehead atoms. The Morgan fingerprint density at radius 3 is 2.55 bits per heavy atom. The molecule has 0 atom stereocenters. The summed E-state index contributed by atoms with van der Waals surface area (Å²) in [5.74, 6) is -1.19. The van der Waals surface area contributed by atoms with Crippen molar-refractivity contribution in [3.05, 3.63) is 59.2 Å². The molecule has 0 spiro atoms. The molecule has 0 aliphatic heterocycles. The lowest BCUT2D eigenvalue weighted by Crippen LogP contribution is -2.13. The highest BCUT2D eigenvalue weighted by atomic mass is 19.4. The Balaban J connectivity index is 1.94. The Morgan fingerprint density at radius 2 is 1.94 bits per heavy atom. The predicted molar refractivity (Wildman–Crippen MR) is 107 cm³/mol. The molecule has 1 N–H and O–H groups in total. The van der Waals surface area contributed by atoms with Gasteiger partial charge in [0.2, 0.25) is 5.82 Å². The minimum absolute atomic E-state index is 0.0640. The average molecular weight is 432 g/mol. The number of aromatic nitrogens is 2. The number of alkyl halides is 3. The van der Waals surface area contributed by atoms with Crippen molar-refractivity contribution >= 4 is 12.0 Å². The first kappa shape index (κ1) is 22.1. The van der Waals surface area contributed by atoms with E-state index in [4.69, 9.17) is 14.4 Å². The molecule has 0 aliphatic carbocycles. The van der Waals surface area contributed by atoms with Gasteiger partial charge in [0.15, 0.2) is 0 Å². The van der Waals surface area contributed by atoms with Crippen molar-refractivity contribution in [2.24, 2.45) is 0 Å². The lowest BCUT2D eigenvalue weighted by atomic mass is 10.0. The molecule has 1 heterocycles. The highest BCUT2D eigenvalue weighted by Gasteiger charge is 2.35. The number of rotatable bonds is 6. The highest BCUT2D eigenvalue weighted by molar-refractivity contribution is 5.85. The van der Waals surface area contributed by atoms with Gasteiger partial charge in [0, 0.05) is 17.2 Å². The van der Waals surface area contributed by atoms with E-state index in [-0.39, 0.29) is 23.0 Å². The zero-order chi connectivity index (χ0) is 22.8. The maximum Gasteiger partial charge on any atom is 0.419 e. The average Bonchev–Trinajstić information content (AvgIpc) is 3.15. The quantitative estimate of drug-likeness (QED) is 0.509. The highest BCUT2D eigenvalue weighted by Crippen LogP contribution is 2.39. The SMILES string of the molecule is Cc1cc(/C=C/C(=O)O)ccc1-c1noc(-c2ccc(OC(C)C)c(C(F)(F)F)c2)n1. The molecule has 3 rings (SSSR count). The van der Waals surface area contributed by atoms with Gasteiger partial charge in [-0.15, -0.1) is 0 Å². The monoisotopic (exact) mass is 432 g/mol. The number of ether oxygens (including phenoxy) is 1. The summed E-state index contributed by atoms with van der Waals surface area (Å²) in [5.41, 5.74) is 1.21. The number of carboxylic acids is 1. The maximum absolute atomic E-state index is 13.5. The number of aryl methyl sites for hydroxylation is 1. The van der Waals surface area contributed by atoms with Crippen LogP contribution in [0.5, 0.6) is 5.75 Å². The molecule has 2 aromatic carbocycles. The molecule has 31 heavy (non-hydrogen) atoms. The van der Waals surface area contributed by atoms with Crippen molar-refractivity contribution < 1.29 is 32.3 Å². The fraction of sp³-hybridized carbons (Fsp3) is 0.227. The summed E-state index contributed by atoms with van der Waals surface area (Å²) in [6.07, 6.45) is -2.57. The largest absolute Gasteiger partial charge is 0.490 e. The van der Waals surface area contributed by atoms with E-state index in [1.807, 2.05) is 0 Å². The van der Waals surface area contributed by atoms with Crippen LogP contribution in [0.2, 0.25) is 0 Å². The summed E-state index contributed by atoms with van der Waals surface area (Å²) >= 11 is 0. The van der Waals surface area contributed by atoms with E-state index in [0.29, 0.717) is 11.1 Å². The maximum atomic E-state index is 13.5. The summed E-state index contributed by atoms with van der Waals surface area (Å²) in [4.78, 5) is 14.9. The van der Waals surface area contributed by atoms with Crippen molar-refractivity contribution in [1.82, 2.24) is 10.1 Å². The standard InChI is InChI=1S/C22H19F3N2O4/c1-12(2)30-18-8-6-15(11-17(18)22(23,24)25)21-26-20(27-31-21)16-7-4-14(10-13(16)3)5-9-19(28)29/h4-12H,1-3H3,(H,28,29)/b9-5+. The van der Waals surface area contributed by atoms with Crippen molar-refractivity contribution in [1.29, 1.82) is 0 Å². The number of hydrogen-bond donors (Lipinski definition) is 1. The van der Waals surface area contributed by atoms with Gasteiger partial charge < -0.3 is 14.4 Å². The normalized spacial score (nSPS) is 12.0. The topological polar surface area (TPSA) is 85.5 Å². The zero-order valence-corrected chi connectivity index (χ0v) is 16.9. The van der Waals surface area contributed by atoms with E-state index in [0.717, 1.165) is 17.7 Å². The molecule has 0 saturated heterocycles. The van der Waals surface area contributed by atoms with Gasteiger partial charge in [0.25, 0.3) is 5.89 Å². The van der Waals surface area contributed by atoms with Gasteiger partial charge >= 0.3 is 12.1 Å². The van der Waals surface area contributed by atoms with Crippen LogP contribution in [0.4, 0.5) is 13.2 Å². The van der Waals surface area contributed by atoms with Gasteiger partial charge in [-0.2, -0.15) is 18.2 Å². The van der Waals surface area contributed by atoms with Gasteiger partial charge in [-0.05, 0) is 56.2 Å². The molecule has 0 radical (unpaired) electrons. The molecule has 9 heteroatoms. The molecular formula is C22H19F3N2O4. The van der Waals surface area contributed by atoms with E-state index >= 15 is 0 Å². The number of hydrogen-bond acceptors (Lipinski definition) is 5. The molecule has 0 unspecified atom stereocenters. The van der Waals surface area contributed by atoms with Gasteiger partial charge in [-0.1, -0.05) is 23.4 Å². The lowest BCUT2D eigenvalue weighted by molar-refractivity contribution is -0.139. The number of nitrogens with zero attached hydrogens (tertiary/aromatic N) is 2. The fourth-order valence-electron chi connectivity index (χ4n) is 2.90. The Labute approximate surface area is 176 Å². The fourth-order valence-corrected chi connectivity index (χ4v) is 2.90. The van der Waals surface area contributed by atoms with Crippen LogP contribution in [-0.4, -0.2) is 27.3 Å². The third-order valence-corrected chi connectivity index (χ3v) is 4.23. The molecule has 1 aromatic heterocycles. The van der Waals surface area contributed by atoms with Crippen LogP contribution in [0.3, 0.4) is 0 Å². The molecule has 162 valence electrons. The molecular weight excluding hydrogens is 413 g/mol. The zero-order valence-electron chi connectivity index (χ0n) is 16.9. The number of halogens is 3. The number of aliphatic carboxylic acids is 1. The van der Waals surface area contributed by atoms with Gasteiger partial charge in [-0.25, -0.2) is 4.79 Å². The molecule has 3 aromatic rings. The molecule has 0 saturated carbocycles. The van der Waals surface area contributed by atoms with Crippen LogP contribution in [0, 0.1) is 6.92 Å². The number of carbonyl (C=O) groups is 1.